The lowest BCUT2D eigenvalue weighted by Gasteiger charge is -2.30. The van der Waals surface area contributed by atoms with Crippen LogP contribution in [0.3, 0.4) is 0 Å². The van der Waals surface area contributed by atoms with Crippen molar-refractivity contribution in [1.82, 2.24) is 4.72 Å². The Morgan fingerprint density at radius 1 is 0.897 bits per heavy atom. The molecule has 1 aliphatic heterocycles. The molecule has 0 saturated carbocycles. The van der Waals surface area contributed by atoms with E-state index < -0.39 is 10.0 Å². The van der Waals surface area contributed by atoms with Gasteiger partial charge in [0.25, 0.3) is 0 Å². The molecular formula is C24H26N2O2S. The molecule has 4 nitrogen and oxygen atoms in total. The second-order valence-corrected chi connectivity index (χ2v) is 9.33. The van der Waals surface area contributed by atoms with Crippen molar-refractivity contribution in [3.05, 3.63) is 95.1 Å². The molecule has 1 aliphatic rings. The van der Waals surface area contributed by atoms with E-state index in [0.29, 0.717) is 17.9 Å². The van der Waals surface area contributed by atoms with Gasteiger partial charge in [-0.05, 0) is 60.7 Å². The maximum Gasteiger partial charge on any atom is 0.240 e. The normalized spacial score (nSPS) is 13.9. The molecule has 0 radical (unpaired) electrons. The highest BCUT2D eigenvalue weighted by Crippen LogP contribution is 2.24. The van der Waals surface area contributed by atoms with E-state index in [1.807, 2.05) is 19.1 Å². The van der Waals surface area contributed by atoms with Gasteiger partial charge in [-0.15, -0.1) is 0 Å². The number of anilines is 1. The van der Waals surface area contributed by atoms with E-state index in [0.717, 1.165) is 30.6 Å². The summed E-state index contributed by atoms with van der Waals surface area (Å²) in [6.45, 7) is 4.28. The lowest BCUT2D eigenvalue weighted by atomic mass is 9.99. The number of nitrogens with zero attached hydrogens (tertiary/aromatic N) is 1. The van der Waals surface area contributed by atoms with Gasteiger partial charge < -0.3 is 4.90 Å². The molecule has 1 heterocycles. The zero-order valence-corrected chi connectivity index (χ0v) is 17.5. The lowest BCUT2D eigenvalue weighted by Crippen LogP contribution is -2.30. The first kappa shape index (κ1) is 19.7. The molecule has 3 aromatic rings. The Hall–Kier alpha value is -2.63. The van der Waals surface area contributed by atoms with Crippen LogP contribution in [0.1, 0.15) is 22.3 Å². The summed E-state index contributed by atoms with van der Waals surface area (Å²) >= 11 is 0. The first-order valence-electron chi connectivity index (χ1n) is 9.98. The van der Waals surface area contributed by atoms with Crippen molar-refractivity contribution in [3.63, 3.8) is 0 Å². The fourth-order valence-corrected chi connectivity index (χ4v) is 4.75. The Labute approximate surface area is 173 Å². The van der Waals surface area contributed by atoms with Crippen LogP contribution in [0, 0.1) is 6.92 Å². The summed E-state index contributed by atoms with van der Waals surface area (Å²) < 4.78 is 27.4. The molecule has 0 amide bonds. The summed E-state index contributed by atoms with van der Waals surface area (Å²) in [5.74, 6) is 0. The third kappa shape index (κ3) is 4.69. The summed E-state index contributed by atoms with van der Waals surface area (Å²) in [7, 11) is -3.46. The average Bonchev–Trinajstić information content (AvgIpc) is 2.74. The zero-order chi connectivity index (χ0) is 20.3. The van der Waals surface area contributed by atoms with Crippen molar-refractivity contribution >= 4 is 15.7 Å². The van der Waals surface area contributed by atoms with Crippen molar-refractivity contribution in [1.29, 1.82) is 0 Å². The third-order valence-corrected chi connectivity index (χ3v) is 6.95. The minimum absolute atomic E-state index is 0.309. The van der Waals surface area contributed by atoms with E-state index in [1.54, 1.807) is 12.1 Å². The van der Waals surface area contributed by atoms with E-state index >= 15 is 0 Å². The minimum Gasteiger partial charge on any atom is -0.367 e. The van der Waals surface area contributed by atoms with E-state index in [2.05, 4.69) is 58.2 Å². The van der Waals surface area contributed by atoms with Crippen LogP contribution in [0.15, 0.2) is 77.7 Å². The van der Waals surface area contributed by atoms with Crippen LogP contribution in [0.5, 0.6) is 0 Å². The number of fused-ring (bicyclic) bond motifs is 1. The van der Waals surface area contributed by atoms with Crippen molar-refractivity contribution in [2.24, 2.45) is 0 Å². The largest absolute Gasteiger partial charge is 0.367 e. The van der Waals surface area contributed by atoms with Crippen LogP contribution in [0.2, 0.25) is 0 Å². The van der Waals surface area contributed by atoms with Gasteiger partial charge in [-0.3, -0.25) is 0 Å². The summed E-state index contributed by atoms with van der Waals surface area (Å²) in [5.41, 5.74) is 6.22. The Morgan fingerprint density at radius 2 is 1.59 bits per heavy atom. The molecule has 0 atom stereocenters. The fraction of sp³-hybridized carbons (Fsp3) is 0.250. The Balaban J connectivity index is 1.34. The molecule has 150 valence electrons. The molecular weight excluding hydrogens is 380 g/mol. The van der Waals surface area contributed by atoms with Crippen LogP contribution in [-0.4, -0.2) is 21.5 Å². The molecule has 29 heavy (non-hydrogen) atoms. The van der Waals surface area contributed by atoms with Gasteiger partial charge in [-0.2, -0.15) is 0 Å². The molecule has 5 heteroatoms. The van der Waals surface area contributed by atoms with E-state index in [9.17, 15) is 8.42 Å². The SMILES string of the molecule is Cc1ccc(S(=O)(=O)NCCc2ccc(N3CCc4ccccc4C3)cc2)cc1. The summed E-state index contributed by atoms with van der Waals surface area (Å²) in [6.07, 6.45) is 1.73. The van der Waals surface area contributed by atoms with Crippen LogP contribution in [0.25, 0.3) is 0 Å². The van der Waals surface area contributed by atoms with Crippen LogP contribution < -0.4 is 9.62 Å². The number of hydrogen-bond donors (Lipinski definition) is 1. The molecule has 3 aromatic carbocycles. The molecule has 1 N–H and O–H groups in total. The van der Waals surface area contributed by atoms with Gasteiger partial charge in [0.15, 0.2) is 0 Å². The Bertz CT molecular complexity index is 1070. The molecule has 0 spiro atoms. The second-order valence-electron chi connectivity index (χ2n) is 7.57. The highest BCUT2D eigenvalue weighted by atomic mass is 32.2. The lowest BCUT2D eigenvalue weighted by molar-refractivity contribution is 0.581. The molecule has 0 saturated heterocycles. The number of aryl methyl sites for hydroxylation is 1. The maximum absolute atomic E-state index is 12.4. The van der Waals surface area contributed by atoms with Crippen molar-refractivity contribution in [3.8, 4) is 0 Å². The van der Waals surface area contributed by atoms with Crippen molar-refractivity contribution in [2.75, 3.05) is 18.0 Å². The highest BCUT2D eigenvalue weighted by molar-refractivity contribution is 7.89. The van der Waals surface area contributed by atoms with Crippen LogP contribution in [0.4, 0.5) is 5.69 Å². The van der Waals surface area contributed by atoms with Crippen molar-refractivity contribution in [2.45, 2.75) is 31.2 Å². The monoisotopic (exact) mass is 406 g/mol. The van der Waals surface area contributed by atoms with Gasteiger partial charge in [-0.1, -0.05) is 54.1 Å². The van der Waals surface area contributed by atoms with E-state index in [4.69, 9.17) is 0 Å². The van der Waals surface area contributed by atoms with E-state index in [1.165, 1.54) is 16.8 Å². The molecule has 0 aliphatic carbocycles. The predicted octanol–water partition coefficient (Wildman–Crippen LogP) is 4.08. The number of hydrogen-bond acceptors (Lipinski definition) is 3. The van der Waals surface area contributed by atoms with Crippen LogP contribution >= 0.6 is 0 Å². The van der Waals surface area contributed by atoms with Gasteiger partial charge >= 0.3 is 0 Å². The first-order chi connectivity index (χ1) is 14.0. The molecule has 0 aromatic heterocycles. The number of nitrogens with one attached hydrogen (secondary N) is 1. The summed E-state index contributed by atoms with van der Waals surface area (Å²) in [6, 6.07) is 24.0. The minimum atomic E-state index is -3.46. The zero-order valence-electron chi connectivity index (χ0n) is 16.6. The number of rotatable bonds is 6. The van der Waals surface area contributed by atoms with Crippen LogP contribution in [-0.2, 0) is 29.4 Å². The van der Waals surface area contributed by atoms with E-state index in [-0.39, 0.29) is 0 Å². The van der Waals surface area contributed by atoms with Crippen molar-refractivity contribution < 1.29 is 8.42 Å². The van der Waals surface area contributed by atoms with Gasteiger partial charge in [0.2, 0.25) is 10.0 Å². The number of sulfonamides is 1. The fourth-order valence-electron chi connectivity index (χ4n) is 3.72. The molecule has 0 fully saturated rings. The smallest absolute Gasteiger partial charge is 0.240 e. The molecule has 0 bridgehead atoms. The van der Waals surface area contributed by atoms with Gasteiger partial charge in [-0.25, -0.2) is 13.1 Å². The second kappa shape index (κ2) is 8.39. The molecule has 0 unspecified atom stereocenters. The highest BCUT2D eigenvalue weighted by Gasteiger charge is 2.16. The topological polar surface area (TPSA) is 49.4 Å². The quantitative estimate of drug-likeness (QED) is 0.671. The Kier molecular flexibility index (Phi) is 5.69. The molecule has 4 rings (SSSR count). The Morgan fingerprint density at radius 3 is 2.31 bits per heavy atom. The summed E-state index contributed by atoms with van der Waals surface area (Å²) in [4.78, 5) is 2.70. The van der Waals surface area contributed by atoms with Gasteiger partial charge in [0, 0.05) is 25.3 Å². The maximum atomic E-state index is 12.4. The first-order valence-corrected chi connectivity index (χ1v) is 11.5. The summed E-state index contributed by atoms with van der Waals surface area (Å²) in [5, 5.41) is 0. The number of benzene rings is 3. The average molecular weight is 407 g/mol. The van der Waals surface area contributed by atoms with Gasteiger partial charge in [0.1, 0.15) is 0 Å². The third-order valence-electron chi connectivity index (χ3n) is 5.47. The van der Waals surface area contributed by atoms with Gasteiger partial charge in [0.05, 0.1) is 4.90 Å². The standard InChI is InChI=1S/C24H26N2O2S/c1-19-6-12-24(13-7-19)29(27,28)25-16-14-20-8-10-23(11-9-20)26-17-15-21-4-2-3-5-22(21)18-26/h2-13,25H,14-18H2,1H3. The predicted molar refractivity (Wildman–Crippen MR) is 118 cm³/mol.